The second kappa shape index (κ2) is 8.70. The summed E-state index contributed by atoms with van der Waals surface area (Å²) in [7, 11) is 1.71. The highest BCUT2D eigenvalue weighted by atomic mass is 16.5. The van der Waals surface area contributed by atoms with Crippen molar-refractivity contribution in [2.75, 3.05) is 46.4 Å². The molecule has 0 aromatic heterocycles. The lowest BCUT2D eigenvalue weighted by Crippen LogP contribution is -2.42. The molecule has 0 bridgehead atoms. The van der Waals surface area contributed by atoms with Gasteiger partial charge in [0.15, 0.2) is 11.5 Å². The van der Waals surface area contributed by atoms with E-state index in [4.69, 9.17) is 15.2 Å². The molecular formula is C19H31N3O2. The lowest BCUT2D eigenvalue weighted by atomic mass is 10.1. The number of methoxy groups -OCH3 is 1. The molecule has 5 heteroatoms. The van der Waals surface area contributed by atoms with E-state index >= 15 is 0 Å². The van der Waals surface area contributed by atoms with Gasteiger partial charge < -0.3 is 15.2 Å². The molecule has 2 N–H and O–H groups in total. The summed E-state index contributed by atoms with van der Waals surface area (Å²) in [6, 6.07) is 6.61. The molecule has 0 amide bonds. The van der Waals surface area contributed by atoms with Gasteiger partial charge in [-0.3, -0.25) is 9.80 Å². The van der Waals surface area contributed by atoms with Crippen LogP contribution in [0.5, 0.6) is 11.5 Å². The van der Waals surface area contributed by atoms with E-state index in [1.165, 1.54) is 37.9 Å². The molecule has 24 heavy (non-hydrogen) atoms. The Morgan fingerprint density at radius 2 is 1.88 bits per heavy atom. The normalized spacial score (nSPS) is 22.7. The molecule has 1 aromatic rings. The fraction of sp³-hybridized carbons (Fsp3) is 0.684. The third kappa shape index (κ3) is 4.85. The average molecular weight is 333 g/mol. The van der Waals surface area contributed by atoms with Crippen LogP contribution in [0, 0.1) is 0 Å². The average Bonchev–Trinajstić information content (AvgIpc) is 3.09. The highest BCUT2D eigenvalue weighted by Gasteiger charge is 2.17. The van der Waals surface area contributed by atoms with E-state index in [1.54, 1.807) is 7.11 Å². The Morgan fingerprint density at radius 1 is 1.08 bits per heavy atom. The number of nitrogens with two attached hydrogens (primary N) is 1. The van der Waals surface area contributed by atoms with Gasteiger partial charge >= 0.3 is 0 Å². The van der Waals surface area contributed by atoms with Gasteiger partial charge in [-0.05, 0) is 63.0 Å². The summed E-state index contributed by atoms with van der Waals surface area (Å²) < 4.78 is 11.5. The van der Waals surface area contributed by atoms with Crippen molar-refractivity contribution in [1.29, 1.82) is 0 Å². The maximum Gasteiger partial charge on any atom is 0.161 e. The maximum atomic E-state index is 6.08. The van der Waals surface area contributed by atoms with Crippen LogP contribution in [-0.2, 0) is 6.54 Å². The van der Waals surface area contributed by atoms with Gasteiger partial charge in [0.1, 0.15) is 6.61 Å². The standard InChI is InChI=1S/C19H31N3O2/c1-23-19-13-16(14-22-10-4-5-17(20)15-22)6-7-18(19)24-12-11-21-8-2-3-9-21/h6-7,13,17H,2-5,8-12,14-15,20H2,1H3. The lowest BCUT2D eigenvalue weighted by Gasteiger charge is -2.30. The molecule has 1 aromatic carbocycles. The molecule has 2 saturated heterocycles. The number of benzene rings is 1. The quantitative estimate of drug-likeness (QED) is 0.828. The van der Waals surface area contributed by atoms with Crippen molar-refractivity contribution in [2.24, 2.45) is 5.73 Å². The van der Waals surface area contributed by atoms with Crippen LogP contribution in [-0.4, -0.2) is 62.3 Å². The van der Waals surface area contributed by atoms with E-state index in [1.807, 2.05) is 6.07 Å². The smallest absolute Gasteiger partial charge is 0.161 e. The fourth-order valence-corrected chi connectivity index (χ4v) is 3.71. The van der Waals surface area contributed by atoms with Gasteiger partial charge in [0, 0.05) is 25.7 Å². The minimum absolute atomic E-state index is 0.314. The van der Waals surface area contributed by atoms with Crippen LogP contribution in [0.2, 0.25) is 0 Å². The highest BCUT2D eigenvalue weighted by molar-refractivity contribution is 5.43. The summed E-state index contributed by atoms with van der Waals surface area (Å²) in [6.45, 7) is 7.17. The van der Waals surface area contributed by atoms with Crippen molar-refractivity contribution in [1.82, 2.24) is 9.80 Å². The van der Waals surface area contributed by atoms with Crippen LogP contribution < -0.4 is 15.2 Å². The van der Waals surface area contributed by atoms with Gasteiger partial charge in [0.2, 0.25) is 0 Å². The monoisotopic (exact) mass is 333 g/mol. The second-order valence-corrected chi connectivity index (χ2v) is 7.02. The van der Waals surface area contributed by atoms with Gasteiger partial charge in [0.05, 0.1) is 7.11 Å². The molecule has 0 saturated carbocycles. The summed E-state index contributed by atoms with van der Waals surface area (Å²) in [5.41, 5.74) is 7.33. The Kier molecular flexibility index (Phi) is 6.35. The Bertz CT molecular complexity index is 517. The van der Waals surface area contributed by atoms with Crippen LogP contribution in [0.25, 0.3) is 0 Å². The SMILES string of the molecule is COc1cc(CN2CCCC(N)C2)ccc1OCCN1CCCC1. The number of nitrogens with zero attached hydrogens (tertiary/aromatic N) is 2. The number of piperidine rings is 1. The van der Waals surface area contributed by atoms with Crippen molar-refractivity contribution in [3.05, 3.63) is 23.8 Å². The first kappa shape index (κ1) is 17.5. The summed E-state index contributed by atoms with van der Waals surface area (Å²) in [6.07, 6.45) is 4.97. The molecule has 5 nitrogen and oxygen atoms in total. The molecule has 134 valence electrons. The van der Waals surface area contributed by atoms with Gasteiger partial charge in [-0.25, -0.2) is 0 Å². The number of hydrogen-bond acceptors (Lipinski definition) is 5. The topological polar surface area (TPSA) is 51.0 Å². The lowest BCUT2D eigenvalue weighted by molar-refractivity contribution is 0.201. The van der Waals surface area contributed by atoms with E-state index in [9.17, 15) is 0 Å². The summed E-state index contributed by atoms with van der Waals surface area (Å²) in [5.74, 6) is 1.67. The van der Waals surface area contributed by atoms with Crippen molar-refractivity contribution in [2.45, 2.75) is 38.3 Å². The molecule has 0 spiro atoms. The molecule has 2 heterocycles. The molecule has 1 unspecified atom stereocenters. The molecule has 2 fully saturated rings. The Balaban J connectivity index is 1.53. The molecular weight excluding hydrogens is 302 g/mol. The minimum atomic E-state index is 0.314. The Labute approximate surface area is 145 Å². The van der Waals surface area contributed by atoms with E-state index < -0.39 is 0 Å². The maximum absolute atomic E-state index is 6.08. The van der Waals surface area contributed by atoms with Crippen LogP contribution in [0.3, 0.4) is 0 Å². The second-order valence-electron chi connectivity index (χ2n) is 7.02. The predicted molar refractivity (Wildman–Crippen MR) is 96.6 cm³/mol. The van der Waals surface area contributed by atoms with Crippen molar-refractivity contribution >= 4 is 0 Å². The first-order valence-electron chi connectivity index (χ1n) is 9.24. The predicted octanol–water partition coefficient (Wildman–Crippen LogP) is 2.09. The fourth-order valence-electron chi connectivity index (χ4n) is 3.71. The van der Waals surface area contributed by atoms with E-state index in [2.05, 4.69) is 21.9 Å². The molecule has 2 aliphatic rings. The zero-order valence-electron chi connectivity index (χ0n) is 14.9. The highest BCUT2D eigenvalue weighted by Crippen LogP contribution is 2.29. The minimum Gasteiger partial charge on any atom is -0.493 e. The number of rotatable bonds is 7. The molecule has 0 radical (unpaired) electrons. The summed E-state index contributed by atoms with van der Waals surface area (Å²) in [4.78, 5) is 4.89. The molecule has 0 aliphatic carbocycles. The van der Waals surface area contributed by atoms with Crippen molar-refractivity contribution in [3.63, 3.8) is 0 Å². The van der Waals surface area contributed by atoms with Crippen LogP contribution >= 0.6 is 0 Å². The first-order valence-corrected chi connectivity index (χ1v) is 9.24. The van der Waals surface area contributed by atoms with Gasteiger partial charge in [-0.2, -0.15) is 0 Å². The molecule has 2 aliphatic heterocycles. The summed E-state index contributed by atoms with van der Waals surface area (Å²) in [5, 5.41) is 0. The van der Waals surface area contributed by atoms with E-state index in [-0.39, 0.29) is 0 Å². The Morgan fingerprint density at radius 3 is 2.62 bits per heavy atom. The molecule has 3 rings (SSSR count). The Hall–Kier alpha value is -1.30. The largest absolute Gasteiger partial charge is 0.493 e. The third-order valence-electron chi connectivity index (χ3n) is 5.04. The van der Waals surface area contributed by atoms with Crippen molar-refractivity contribution < 1.29 is 9.47 Å². The van der Waals surface area contributed by atoms with Crippen LogP contribution in [0.4, 0.5) is 0 Å². The van der Waals surface area contributed by atoms with Gasteiger partial charge in [-0.15, -0.1) is 0 Å². The van der Waals surface area contributed by atoms with Gasteiger partial charge in [-0.1, -0.05) is 6.07 Å². The zero-order chi connectivity index (χ0) is 16.8. The third-order valence-corrected chi connectivity index (χ3v) is 5.04. The first-order chi connectivity index (χ1) is 11.7. The van der Waals surface area contributed by atoms with Crippen LogP contribution in [0.1, 0.15) is 31.2 Å². The number of hydrogen-bond donors (Lipinski definition) is 1. The number of likely N-dealkylation sites (tertiary alicyclic amines) is 2. The van der Waals surface area contributed by atoms with Crippen molar-refractivity contribution in [3.8, 4) is 11.5 Å². The molecule has 1 atom stereocenters. The van der Waals surface area contributed by atoms with E-state index in [0.29, 0.717) is 6.04 Å². The summed E-state index contributed by atoms with van der Waals surface area (Å²) >= 11 is 0. The van der Waals surface area contributed by atoms with E-state index in [0.717, 1.165) is 50.7 Å². The van der Waals surface area contributed by atoms with Crippen LogP contribution in [0.15, 0.2) is 18.2 Å². The van der Waals surface area contributed by atoms with Gasteiger partial charge in [0.25, 0.3) is 0 Å². The zero-order valence-corrected chi connectivity index (χ0v) is 14.9. The number of ether oxygens (including phenoxy) is 2.